The maximum Gasteiger partial charge on any atom is 0.356 e. The Balaban J connectivity index is 0.942. The van der Waals surface area contributed by atoms with E-state index >= 15 is 0 Å². The molecule has 1 saturated heterocycles. The molecule has 2 amide bonds. The molecule has 0 saturated carbocycles. The summed E-state index contributed by atoms with van der Waals surface area (Å²) in [6.07, 6.45) is 0.857. The van der Waals surface area contributed by atoms with Crippen LogP contribution in [0.1, 0.15) is 46.5 Å². The number of rotatable bonds is 19. The number of pyridine rings is 1. The topological polar surface area (TPSA) is 173 Å². The molecule has 10 rings (SSSR count). The summed E-state index contributed by atoms with van der Waals surface area (Å²) in [6, 6.07) is 54.9. The second-order valence-corrected chi connectivity index (χ2v) is 19.8. The van der Waals surface area contributed by atoms with Crippen LogP contribution >= 0.6 is 34.7 Å². The number of oxime groups is 1. The molecular formula is C58H48ClN7O7S2. The number of carbonyl (C=O) groups is 4. The molecular weight excluding hydrogens is 1010 g/mol. The Bertz CT molecular complexity index is 3270. The third-order valence-corrected chi connectivity index (χ3v) is 15.0. The van der Waals surface area contributed by atoms with Gasteiger partial charge in [-0.1, -0.05) is 168 Å². The van der Waals surface area contributed by atoms with Crippen LogP contribution in [0.3, 0.4) is 0 Å². The van der Waals surface area contributed by atoms with E-state index in [1.165, 1.54) is 34.9 Å². The summed E-state index contributed by atoms with van der Waals surface area (Å²) in [4.78, 5) is 72.4. The second-order valence-electron chi connectivity index (χ2n) is 17.4. The number of thioether (sulfide) groups is 1. The van der Waals surface area contributed by atoms with Crippen molar-refractivity contribution in [2.75, 3.05) is 36.1 Å². The molecule has 14 nitrogen and oxygen atoms in total. The zero-order chi connectivity index (χ0) is 51.7. The van der Waals surface area contributed by atoms with Gasteiger partial charge >= 0.3 is 11.9 Å². The van der Waals surface area contributed by atoms with Crippen molar-refractivity contribution in [3.05, 3.63) is 237 Å². The van der Waals surface area contributed by atoms with E-state index < -0.39 is 46.8 Å². The summed E-state index contributed by atoms with van der Waals surface area (Å²) in [5.41, 5.74) is 5.24. The van der Waals surface area contributed by atoms with Crippen LogP contribution in [0.2, 0.25) is 5.02 Å². The molecule has 8 aromatic rings. The maximum absolute atomic E-state index is 14.7. The first-order valence-corrected chi connectivity index (χ1v) is 26.3. The highest BCUT2D eigenvalue weighted by Crippen LogP contribution is 2.43. The number of carbonyl (C=O) groups excluding carboxylic acids is 4. The largest absolute Gasteiger partial charge is 0.461 e. The molecule has 2 aromatic heterocycles. The molecule has 3 N–H and O–H groups in total. The van der Waals surface area contributed by atoms with Gasteiger partial charge in [0.2, 0.25) is 0 Å². The van der Waals surface area contributed by atoms with Gasteiger partial charge in [0.15, 0.2) is 16.9 Å². The number of nitrogens with one attached hydrogen (secondary N) is 3. The zero-order valence-corrected chi connectivity index (χ0v) is 42.7. The molecule has 6 aromatic carbocycles. The number of hydrogen-bond acceptors (Lipinski definition) is 14. The Morgan fingerprint density at radius 3 is 2.01 bits per heavy atom. The summed E-state index contributed by atoms with van der Waals surface area (Å²) < 4.78 is 11.6. The fourth-order valence-electron chi connectivity index (χ4n) is 9.13. The van der Waals surface area contributed by atoms with E-state index in [-0.39, 0.29) is 36.1 Å². The van der Waals surface area contributed by atoms with Gasteiger partial charge in [-0.2, -0.15) is 0 Å². The van der Waals surface area contributed by atoms with E-state index in [1.807, 2.05) is 127 Å². The Kier molecular flexibility index (Phi) is 15.3. The molecule has 0 spiro atoms. The first-order valence-electron chi connectivity index (χ1n) is 24.0. The molecule has 0 radical (unpaired) electrons. The number of ether oxygens (including phenoxy) is 2. The van der Waals surface area contributed by atoms with Gasteiger partial charge in [-0.3, -0.25) is 24.3 Å². The smallest absolute Gasteiger partial charge is 0.356 e. The number of benzene rings is 6. The quantitative estimate of drug-likeness (QED) is 0.0175. The highest BCUT2D eigenvalue weighted by Gasteiger charge is 2.55. The number of anilines is 2. The van der Waals surface area contributed by atoms with E-state index in [0.717, 1.165) is 33.3 Å². The van der Waals surface area contributed by atoms with Gasteiger partial charge in [0.05, 0.1) is 12.1 Å². The number of esters is 2. The molecule has 2 atom stereocenters. The molecule has 0 unspecified atom stereocenters. The minimum atomic E-state index is -1.10. The van der Waals surface area contributed by atoms with Crippen molar-refractivity contribution in [2.24, 2.45) is 5.16 Å². The van der Waals surface area contributed by atoms with Crippen LogP contribution in [0, 0.1) is 0 Å². The lowest BCUT2D eigenvalue weighted by Crippen LogP contribution is -2.71. The summed E-state index contributed by atoms with van der Waals surface area (Å²) in [5.74, 6) is -2.45. The highest BCUT2D eigenvalue weighted by atomic mass is 35.5. The van der Waals surface area contributed by atoms with Crippen molar-refractivity contribution in [1.82, 2.24) is 20.2 Å². The Hall–Kier alpha value is -8.31. The number of halogens is 1. The molecule has 2 aliphatic rings. The molecule has 17 heteroatoms. The van der Waals surface area contributed by atoms with Crippen LogP contribution in [0.5, 0.6) is 0 Å². The van der Waals surface area contributed by atoms with Crippen molar-refractivity contribution in [3.8, 4) is 0 Å². The second kappa shape index (κ2) is 22.8. The maximum atomic E-state index is 14.7. The van der Waals surface area contributed by atoms with Crippen LogP contribution in [-0.2, 0) is 39.0 Å². The summed E-state index contributed by atoms with van der Waals surface area (Å²) in [6.45, 7) is 1.36. The van der Waals surface area contributed by atoms with Crippen LogP contribution in [0.25, 0.3) is 10.9 Å². The molecule has 376 valence electrons. The Morgan fingerprint density at radius 1 is 0.813 bits per heavy atom. The molecule has 4 heterocycles. The van der Waals surface area contributed by atoms with E-state index in [4.69, 9.17) is 30.9 Å². The van der Waals surface area contributed by atoms with Crippen LogP contribution < -0.4 is 16.0 Å². The minimum Gasteiger partial charge on any atom is -0.461 e. The zero-order valence-electron chi connectivity index (χ0n) is 40.3. The number of hydrogen-bond donors (Lipinski definition) is 3. The fraction of sp³-hybridized carbons (Fsp3) is 0.155. The van der Waals surface area contributed by atoms with Gasteiger partial charge in [0, 0.05) is 45.9 Å². The van der Waals surface area contributed by atoms with Gasteiger partial charge in [-0.15, -0.1) is 23.1 Å². The molecule has 1 fully saturated rings. The third-order valence-electron chi connectivity index (χ3n) is 12.7. The lowest BCUT2D eigenvalue weighted by molar-refractivity contribution is -0.154. The van der Waals surface area contributed by atoms with Crippen molar-refractivity contribution >= 4 is 85.9 Å². The van der Waals surface area contributed by atoms with Gasteiger partial charge in [-0.05, 0) is 52.1 Å². The van der Waals surface area contributed by atoms with Crippen molar-refractivity contribution in [2.45, 2.75) is 30.0 Å². The Morgan fingerprint density at radius 2 is 1.41 bits per heavy atom. The molecule has 2 aliphatic heterocycles. The Labute approximate surface area is 445 Å². The standard InChI is InChI=1S/C58H48ClN7O7S2/c1-37(67)71-34-40-35-74-55-50(54(69)66(55)51(40)56(70)73-52(38-17-7-2-8-18-38)39-19-9-3-10-20-39)63-53(68)49(65-72-32-31-61-46-29-30-60-47-33-44(59)27-28-45(46)47)48-36-75-57(62-48)64-58(41-21-11-4-12-22-41,42-23-13-5-14-24-42)43-25-15-6-16-26-43/h2-30,33,36,50,52,55H,31-32,34-35H2,1H3,(H,60,61)(H,62,64)(H,63,68)/b65-49+/t50-,55-/m1/s1. The van der Waals surface area contributed by atoms with Gasteiger partial charge in [-0.25, -0.2) is 9.78 Å². The van der Waals surface area contributed by atoms with Gasteiger partial charge in [0.25, 0.3) is 11.8 Å². The number of aromatic nitrogens is 2. The van der Waals surface area contributed by atoms with Crippen LogP contribution in [0.15, 0.2) is 204 Å². The average Bonchev–Trinajstić information content (AvgIpc) is 3.92. The number of amides is 2. The summed E-state index contributed by atoms with van der Waals surface area (Å²) in [5, 5.41) is 17.3. The first kappa shape index (κ1) is 50.2. The number of thiazole rings is 1. The lowest BCUT2D eigenvalue weighted by Gasteiger charge is -2.49. The predicted octanol–water partition coefficient (Wildman–Crippen LogP) is 10.1. The average molecular weight is 1050 g/mol. The highest BCUT2D eigenvalue weighted by molar-refractivity contribution is 8.00. The molecule has 0 bridgehead atoms. The van der Waals surface area contributed by atoms with Gasteiger partial charge in [0.1, 0.15) is 41.6 Å². The lowest BCUT2D eigenvalue weighted by atomic mass is 9.77. The number of β-lactam (4-membered cyclic amide) rings is 1. The summed E-state index contributed by atoms with van der Waals surface area (Å²) >= 11 is 8.83. The van der Waals surface area contributed by atoms with E-state index in [0.29, 0.717) is 33.4 Å². The monoisotopic (exact) mass is 1050 g/mol. The van der Waals surface area contributed by atoms with Crippen LogP contribution in [-0.4, -0.2) is 81.3 Å². The number of fused-ring (bicyclic) bond motifs is 2. The first-order chi connectivity index (χ1) is 36.7. The van der Waals surface area contributed by atoms with E-state index in [1.54, 1.807) is 23.7 Å². The van der Waals surface area contributed by atoms with E-state index in [9.17, 15) is 19.2 Å². The predicted molar refractivity (Wildman–Crippen MR) is 292 cm³/mol. The molecule has 0 aliphatic carbocycles. The van der Waals surface area contributed by atoms with Crippen molar-refractivity contribution in [1.29, 1.82) is 0 Å². The van der Waals surface area contributed by atoms with Crippen molar-refractivity contribution < 1.29 is 33.5 Å². The molecule has 75 heavy (non-hydrogen) atoms. The van der Waals surface area contributed by atoms with E-state index in [2.05, 4.69) is 62.5 Å². The summed E-state index contributed by atoms with van der Waals surface area (Å²) in [7, 11) is 0. The SMILES string of the molecule is CC(=O)OCC1=C(C(=O)OC(c2ccccc2)c2ccccc2)N2C(=O)[C@@H](NC(=O)/C(=N/OCCNc3ccnc4cc(Cl)ccc34)c3csc(NC(c4ccccc4)(c4ccccc4)c4ccccc4)n3)[C@H]2SC1. The normalized spacial score (nSPS) is 15.4. The van der Waals surface area contributed by atoms with Crippen LogP contribution in [0.4, 0.5) is 10.8 Å². The fourth-order valence-corrected chi connectivity index (χ4v) is 11.4. The minimum absolute atomic E-state index is 0.0332. The van der Waals surface area contributed by atoms with Gasteiger partial charge < -0.3 is 30.3 Å². The van der Waals surface area contributed by atoms with Crippen molar-refractivity contribution in [3.63, 3.8) is 0 Å². The third kappa shape index (κ3) is 10.9. The number of nitrogens with zero attached hydrogens (tertiary/aromatic N) is 4.